The van der Waals surface area contributed by atoms with E-state index in [-0.39, 0.29) is 18.4 Å². The number of benzene rings is 1. The third-order valence-electron chi connectivity index (χ3n) is 3.15. The van der Waals surface area contributed by atoms with Gasteiger partial charge in [-0.1, -0.05) is 0 Å². The number of carbonyl (C=O) groups excluding carboxylic acids is 1. The monoisotopic (exact) mass is 290 g/mol. The highest BCUT2D eigenvalue weighted by Gasteiger charge is 2.17. The number of imidazole rings is 1. The zero-order valence-corrected chi connectivity index (χ0v) is 11.9. The number of hydrogen-bond donors (Lipinski definition) is 1. The van der Waals surface area contributed by atoms with Crippen molar-refractivity contribution in [1.29, 1.82) is 5.26 Å². The highest BCUT2D eigenvalue weighted by atomic mass is 35.5. The second kappa shape index (κ2) is 5.93. The van der Waals surface area contributed by atoms with Crippen LogP contribution < -0.4 is 5.73 Å². The molecule has 0 radical (unpaired) electrons. The van der Waals surface area contributed by atoms with Gasteiger partial charge in [-0.15, -0.1) is 11.6 Å². The molecule has 0 spiro atoms. The minimum Gasteiger partial charge on any atom is -0.370 e. The number of nitrogens with zero attached hydrogens (tertiary/aromatic N) is 3. The van der Waals surface area contributed by atoms with Gasteiger partial charge in [0.25, 0.3) is 0 Å². The maximum Gasteiger partial charge on any atom is 0.219 e. The summed E-state index contributed by atoms with van der Waals surface area (Å²) in [6.07, 6.45) is 0.818. The van der Waals surface area contributed by atoms with Crippen molar-refractivity contribution in [2.75, 3.05) is 5.88 Å². The van der Waals surface area contributed by atoms with Crippen LogP contribution in [0.2, 0.25) is 0 Å². The Morgan fingerprint density at radius 2 is 2.35 bits per heavy atom. The molecule has 2 aromatic rings. The first kappa shape index (κ1) is 14.4. The van der Waals surface area contributed by atoms with Crippen LogP contribution in [0.4, 0.5) is 0 Å². The number of hydrogen-bond acceptors (Lipinski definition) is 3. The molecule has 0 fully saturated rings. The van der Waals surface area contributed by atoms with Gasteiger partial charge in [0, 0.05) is 24.8 Å². The zero-order valence-electron chi connectivity index (χ0n) is 11.1. The average Bonchev–Trinajstić information content (AvgIpc) is 2.75. The van der Waals surface area contributed by atoms with E-state index in [4.69, 9.17) is 22.6 Å². The van der Waals surface area contributed by atoms with Gasteiger partial charge < -0.3 is 10.3 Å². The highest BCUT2D eigenvalue weighted by molar-refractivity contribution is 6.17. The molecule has 1 aromatic heterocycles. The lowest BCUT2D eigenvalue weighted by Gasteiger charge is -2.16. The number of halogens is 1. The van der Waals surface area contributed by atoms with E-state index in [0.29, 0.717) is 17.9 Å². The zero-order chi connectivity index (χ0) is 14.7. The molecular formula is C14H15ClN4O. The molecule has 1 unspecified atom stereocenters. The van der Waals surface area contributed by atoms with E-state index in [1.165, 1.54) is 0 Å². The number of nitriles is 1. The Kier molecular flexibility index (Phi) is 4.26. The molecule has 1 aromatic carbocycles. The fourth-order valence-corrected chi connectivity index (χ4v) is 2.52. The van der Waals surface area contributed by atoms with Crippen LogP contribution in [-0.2, 0) is 11.2 Å². The molecule has 0 saturated carbocycles. The van der Waals surface area contributed by atoms with Crippen LogP contribution in [-0.4, -0.2) is 21.3 Å². The first-order valence-electron chi connectivity index (χ1n) is 6.32. The van der Waals surface area contributed by atoms with Gasteiger partial charge in [-0.05, 0) is 25.1 Å². The summed E-state index contributed by atoms with van der Waals surface area (Å²) < 4.78 is 1.95. The molecule has 104 valence electrons. The lowest BCUT2D eigenvalue weighted by molar-refractivity contribution is -0.118. The minimum absolute atomic E-state index is 0.121. The van der Waals surface area contributed by atoms with E-state index in [2.05, 4.69) is 11.1 Å². The number of amides is 1. The summed E-state index contributed by atoms with van der Waals surface area (Å²) in [6, 6.07) is 7.29. The van der Waals surface area contributed by atoms with Crippen LogP contribution in [0, 0.1) is 11.3 Å². The number of carbonyl (C=O) groups is 1. The van der Waals surface area contributed by atoms with Crippen LogP contribution >= 0.6 is 11.6 Å². The Morgan fingerprint density at radius 3 is 2.95 bits per heavy atom. The second-order valence-electron chi connectivity index (χ2n) is 4.67. The first-order chi connectivity index (χ1) is 9.56. The molecule has 1 amide bonds. The summed E-state index contributed by atoms with van der Waals surface area (Å²) in [5.74, 6) is 0.879. The topological polar surface area (TPSA) is 84.7 Å². The molecule has 1 heterocycles. The van der Waals surface area contributed by atoms with Gasteiger partial charge in [0.05, 0.1) is 22.7 Å². The number of nitrogens with two attached hydrogens (primary N) is 1. The molecule has 0 aliphatic rings. The summed E-state index contributed by atoms with van der Waals surface area (Å²) in [4.78, 5) is 15.7. The second-order valence-corrected chi connectivity index (χ2v) is 5.05. The maximum atomic E-state index is 11.1. The van der Waals surface area contributed by atoms with Crippen molar-refractivity contribution in [3.8, 4) is 6.07 Å². The van der Waals surface area contributed by atoms with Crippen molar-refractivity contribution in [3.05, 3.63) is 29.6 Å². The quantitative estimate of drug-likeness (QED) is 0.856. The Bertz CT molecular complexity index is 686. The molecule has 5 nitrogen and oxygen atoms in total. The van der Waals surface area contributed by atoms with E-state index >= 15 is 0 Å². The largest absolute Gasteiger partial charge is 0.370 e. The van der Waals surface area contributed by atoms with Gasteiger partial charge in [0.15, 0.2) is 0 Å². The summed E-state index contributed by atoms with van der Waals surface area (Å²) in [5.41, 5.74) is 7.45. The Labute approximate surface area is 122 Å². The van der Waals surface area contributed by atoms with E-state index in [1.807, 2.05) is 11.5 Å². The molecule has 2 N–H and O–H groups in total. The van der Waals surface area contributed by atoms with Crippen molar-refractivity contribution in [3.63, 3.8) is 0 Å². The number of primary amides is 1. The van der Waals surface area contributed by atoms with Crippen LogP contribution in [0.15, 0.2) is 18.2 Å². The summed E-state index contributed by atoms with van der Waals surface area (Å²) >= 11 is 5.81. The fourth-order valence-electron chi connectivity index (χ4n) is 2.35. The Balaban J connectivity index is 2.59. The lowest BCUT2D eigenvalue weighted by Crippen LogP contribution is -2.19. The third-order valence-corrected chi connectivity index (χ3v) is 3.34. The molecular weight excluding hydrogens is 276 g/mol. The SMILES string of the molecule is CC(CC(N)=O)n1c(CCCl)nc2ccc(C#N)cc21. The van der Waals surface area contributed by atoms with Crippen LogP contribution in [0.5, 0.6) is 0 Å². The molecule has 0 aliphatic carbocycles. The fraction of sp³-hybridized carbons (Fsp3) is 0.357. The van der Waals surface area contributed by atoms with E-state index in [9.17, 15) is 4.79 Å². The van der Waals surface area contributed by atoms with Crippen molar-refractivity contribution in [2.45, 2.75) is 25.8 Å². The molecule has 6 heteroatoms. The Morgan fingerprint density at radius 1 is 1.60 bits per heavy atom. The van der Waals surface area contributed by atoms with Crippen LogP contribution in [0.3, 0.4) is 0 Å². The number of aryl methyl sites for hydroxylation is 1. The highest BCUT2D eigenvalue weighted by Crippen LogP contribution is 2.24. The molecule has 0 aliphatic heterocycles. The van der Waals surface area contributed by atoms with E-state index < -0.39 is 0 Å². The van der Waals surface area contributed by atoms with Crippen molar-refractivity contribution < 1.29 is 4.79 Å². The first-order valence-corrected chi connectivity index (χ1v) is 6.85. The summed E-state index contributed by atoms with van der Waals surface area (Å²) in [6.45, 7) is 1.91. The predicted octanol–water partition coefficient (Wildman–Crippen LogP) is 2.13. The Hall–Kier alpha value is -2.06. The van der Waals surface area contributed by atoms with Crippen molar-refractivity contribution in [1.82, 2.24) is 9.55 Å². The molecule has 2 rings (SSSR count). The van der Waals surface area contributed by atoms with E-state index in [1.54, 1.807) is 18.2 Å². The standard InChI is InChI=1S/C14H15ClN4O/c1-9(6-13(17)20)19-12-7-10(8-16)2-3-11(12)18-14(19)4-5-15/h2-3,7,9H,4-6H2,1H3,(H2,17,20). The molecule has 20 heavy (non-hydrogen) atoms. The molecule has 0 bridgehead atoms. The number of aromatic nitrogens is 2. The predicted molar refractivity (Wildman–Crippen MR) is 77.4 cm³/mol. The van der Waals surface area contributed by atoms with Crippen LogP contribution in [0.1, 0.15) is 30.8 Å². The summed E-state index contributed by atoms with van der Waals surface area (Å²) in [7, 11) is 0. The van der Waals surface area contributed by atoms with Gasteiger partial charge in [-0.25, -0.2) is 4.98 Å². The van der Waals surface area contributed by atoms with Gasteiger partial charge in [0.1, 0.15) is 5.82 Å². The van der Waals surface area contributed by atoms with Gasteiger partial charge in [0.2, 0.25) is 5.91 Å². The van der Waals surface area contributed by atoms with E-state index in [0.717, 1.165) is 16.9 Å². The average molecular weight is 291 g/mol. The van der Waals surface area contributed by atoms with Gasteiger partial charge in [-0.3, -0.25) is 4.79 Å². The maximum absolute atomic E-state index is 11.1. The smallest absolute Gasteiger partial charge is 0.219 e. The summed E-state index contributed by atoms with van der Waals surface area (Å²) in [5, 5.41) is 9.01. The molecule has 0 saturated heterocycles. The van der Waals surface area contributed by atoms with Gasteiger partial charge >= 0.3 is 0 Å². The third kappa shape index (κ3) is 2.75. The normalized spacial score (nSPS) is 12.2. The number of fused-ring (bicyclic) bond motifs is 1. The van der Waals surface area contributed by atoms with Crippen molar-refractivity contribution >= 4 is 28.5 Å². The minimum atomic E-state index is -0.368. The molecule has 1 atom stereocenters. The lowest BCUT2D eigenvalue weighted by atomic mass is 10.2. The van der Waals surface area contributed by atoms with Gasteiger partial charge in [-0.2, -0.15) is 5.26 Å². The van der Waals surface area contributed by atoms with Crippen molar-refractivity contribution in [2.24, 2.45) is 5.73 Å². The van der Waals surface area contributed by atoms with Crippen LogP contribution in [0.25, 0.3) is 11.0 Å². The number of alkyl halides is 1. The number of rotatable bonds is 5.